The van der Waals surface area contributed by atoms with Crippen LogP contribution in [0.3, 0.4) is 0 Å². The molecular formula is C28H21F4N3. The van der Waals surface area contributed by atoms with Crippen LogP contribution in [-0.2, 0) is 6.18 Å². The molecule has 3 aromatic heterocycles. The molecule has 7 heteroatoms. The highest BCUT2D eigenvalue weighted by Crippen LogP contribution is 2.29. The van der Waals surface area contributed by atoms with E-state index in [9.17, 15) is 17.6 Å². The fourth-order valence-electron chi connectivity index (χ4n) is 4.18. The first-order valence-electron chi connectivity index (χ1n) is 11.1. The molecule has 0 saturated heterocycles. The molecule has 0 amide bonds. The number of aromatic nitrogens is 3. The summed E-state index contributed by atoms with van der Waals surface area (Å²) in [5.41, 5.74) is 3.31. The highest BCUT2D eigenvalue weighted by Gasteiger charge is 2.32. The number of rotatable bonds is 3. The van der Waals surface area contributed by atoms with Crippen LogP contribution in [0.4, 0.5) is 17.6 Å². The number of aromatic amines is 1. The molecule has 3 nitrogen and oxygen atoms in total. The third-order valence-electron chi connectivity index (χ3n) is 5.97. The Morgan fingerprint density at radius 1 is 0.971 bits per heavy atom. The van der Waals surface area contributed by atoms with Gasteiger partial charge in [-0.3, -0.25) is 9.97 Å². The van der Waals surface area contributed by atoms with Crippen LogP contribution in [0, 0.1) is 11.7 Å². The van der Waals surface area contributed by atoms with Crippen molar-refractivity contribution in [3.8, 4) is 22.4 Å². The first-order valence-corrected chi connectivity index (χ1v) is 11.1. The summed E-state index contributed by atoms with van der Waals surface area (Å²) in [5, 5.41) is 0.939. The Labute approximate surface area is 199 Å². The minimum absolute atomic E-state index is 0.115. The molecule has 0 radical (unpaired) electrons. The van der Waals surface area contributed by atoms with E-state index < -0.39 is 11.9 Å². The van der Waals surface area contributed by atoms with E-state index in [2.05, 4.69) is 15.0 Å². The van der Waals surface area contributed by atoms with Crippen molar-refractivity contribution in [3.05, 3.63) is 101 Å². The summed E-state index contributed by atoms with van der Waals surface area (Å²) < 4.78 is 54.1. The van der Waals surface area contributed by atoms with E-state index in [0.717, 1.165) is 28.3 Å². The molecule has 1 aliphatic rings. The van der Waals surface area contributed by atoms with Gasteiger partial charge in [0.15, 0.2) is 0 Å². The van der Waals surface area contributed by atoms with Gasteiger partial charge in [0.1, 0.15) is 11.5 Å². The minimum atomic E-state index is -4.45. The highest BCUT2D eigenvalue weighted by molar-refractivity contribution is 5.89. The number of hydrogen-bond donors (Lipinski definition) is 1. The van der Waals surface area contributed by atoms with Gasteiger partial charge in [-0.2, -0.15) is 13.2 Å². The SMILES string of the molecule is CC1C=C(c2cncc(-c3ccnc(-c4ccccc4F)c3)c2)C=c2cc(C(F)(F)F)[nH]c2=CC1. The lowest BCUT2D eigenvalue weighted by atomic mass is 9.95. The Balaban J connectivity index is 1.58. The number of pyridine rings is 2. The van der Waals surface area contributed by atoms with Crippen molar-refractivity contribution in [1.29, 1.82) is 0 Å². The summed E-state index contributed by atoms with van der Waals surface area (Å²) in [4.78, 5) is 11.2. The van der Waals surface area contributed by atoms with Crippen molar-refractivity contribution in [2.75, 3.05) is 0 Å². The summed E-state index contributed by atoms with van der Waals surface area (Å²) in [6, 6.07) is 13.1. The van der Waals surface area contributed by atoms with E-state index in [4.69, 9.17) is 0 Å². The maximum Gasteiger partial charge on any atom is 0.431 e. The summed E-state index contributed by atoms with van der Waals surface area (Å²) in [6.45, 7) is 2.02. The van der Waals surface area contributed by atoms with Gasteiger partial charge in [0.05, 0.1) is 5.69 Å². The van der Waals surface area contributed by atoms with Gasteiger partial charge in [-0.25, -0.2) is 4.39 Å². The van der Waals surface area contributed by atoms with E-state index >= 15 is 0 Å². The van der Waals surface area contributed by atoms with Gasteiger partial charge in [0.25, 0.3) is 0 Å². The first-order chi connectivity index (χ1) is 16.8. The van der Waals surface area contributed by atoms with Crippen LogP contribution in [-0.4, -0.2) is 15.0 Å². The topological polar surface area (TPSA) is 41.6 Å². The Hall–Kier alpha value is -4.00. The fraction of sp³-hybridized carbons (Fsp3) is 0.143. The van der Waals surface area contributed by atoms with Crippen LogP contribution in [0.25, 0.3) is 40.1 Å². The van der Waals surface area contributed by atoms with Crippen LogP contribution in [0.2, 0.25) is 0 Å². The van der Waals surface area contributed by atoms with E-state index in [1.54, 1.807) is 55.0 Å². The van der Waals surface area contributed by atoms with Crippen LogP contribution < -0.4 is 10.6 Å². The number of nitrogens with one attached hydrogen (secondary N) is 1. The number of benzene rings is 1. The highest BCUT2D eigenvalue weighted by atomic mass is 19.4. The third kappa shape index (κ3) is 4.80. The summed E-state index contributed by atoms with van der Waals surface area (Å²) in [5.74, 6) is -0.242. The van der Waals surface area contributed by atoms with Crippen molar-refractivity contribution < 1.29 is 17.6 Å². The van der Waals surface area contributed by atoms with Gasteiger partial charge in [0, 0.05) is 45.8 Å². The zero-order chi connectivity index (χ0) is 24.6. The van der Waals surface area contributed by atoms with Gasteiger partial charge in [0.2, 0.25) is 0 Å². The predicted octanol–water partition coefficient (Wildman–Crippen LogP) is 5.98. The Morgan fingerprint density at radius 3 is 2.57 bits per heavy atom. The smallest absolute Gasteiger partial charge is 0.351 e. The van der Waals surface area contributed by atoms with E-state index in [1.807, 2.05) is 25.1 Å². The second-order valence-electron chi connectivity index (χ2n) is 8.61. The third-order valence-corrected chi connectivity index (χ3v) is 5.97. The number of halogens is 4. The van der Waals surface area contributed by atoms with E-state index in [1.165, 1.54) is 6.07 Å². The number of H-pyrrole nitrogens is 1. The van der Waals surface area contributed by atoms with Gasteiger partial charge < -0.3 is 4.98 Å². The molecule has 3 heterocycles. The van der Waals surface area contributed by atoms with Crippen molar-refractivity contribution in [1.82, 2.24) is 15.0 Å². The van der Waals surface area contributed by atoms with Crippen LogP contribution in [0.15, 0.2) is 73.2 Å². The van der Waals surface area contributed by atoms with Gasteiger partial charge in [-0.15, -0.1) is 0 Å². The zero-order valence-corrected chi connectivity index (χ0v) is 18.8. The van der Waals surface area contributed by atoms with E-state index in [-0.39, 0.29) is 11.7 Å². The molecule has 5 rings (SSSR count). The molecule has 0 spiro atoms. The van der Waals surface area contributed by atoms with Crippen molar-refractivity contribution >= 4 is 17.7 Å². The summed E-state index contributed by atoms with van der Waals surface area (Å²) in [7, 11) is 0. The molecule has 0 aliphatic heterocycles. The number of hydrogen-bond acceptors (Lipinski definition) is 2. The summed E-state index contributed by atoms with van der Waals surface area (Å²) >= 11 is 0. The van der Waals surface area contributed by atoms with Gasteiger partial charge >= 0.3 is 6.18 Å². The lowest BCUT2D eigenvalue weighted by molar-refractivity contribution is -0.140. The predicted molar refractivity (Wildman–Crippen MR) is 129 cm³/mol. The Morgan fingerprint density at radius 2 is 1.77 bits per heavy atom. The average molecular weight is 475 g/mol. The molecule has 0 saturated carbocycles. The normalized spacial score (nSPS) is 15.8. The number of fused-ring (bicyclic) bond motifs is 1. The molecule has 1 aromatic carbocycles. The van der Waals surface area contributed by atoms with Crippen molar-refractivity contribution in [3.63, 3.8) is 0 Å². The molecule has 4 aromatic rings. The molecular weight excluding hydrogens is 454 g/mol. The van der Waals surface area contributed by atoms with Gasteiger partial charge in [-0.05, 0) is 65.9 Å². The molecule has 1 aliphatic carbocycles. The maximum atomic E-state index is 14.3. The second kappa shape index (κ2) is 8.98. The monoisotopic (exact) mass is 475 g/mol. The maximum absolute atomic E-state index is 14.3. The molecule has 1 unspecified atom stereocenters. The van der Waals surface area contributed by atoms with Crippen LogP contribution in [0.1, 0.15) is 24.6 Å². The average Bonchev–Trinajstić information content (AvgIpc) is 3.24. The molecule has 0 fully saturated rings. The van der Waals surface area contributed by atoms with Crippen molar-refractivity contribution in [2.24, 2.45) is 5.92 Å². The number of allylic oxidation sites excluding steroid dienone is 2. The molecule has 1 atom stereocenters. The second-order valence-corrected chi connectivity index (χ2v) is 8.61. The Bertz CT molecular complexity index is 1550. The zero-order valence-electron chi connectivity index (χ0n) is 18.8. The number of nitrogens with zero attached hydrogens (tertiary/aromatic N) is 2. The van der Waals surface area contributed by atoms with Gasteiger partial charge in [-0.1, -0.05) is 31.2 Å². The summed E-state index contributed by atoms with van der Waals surface area (Å²) in [6.07, 6.45) is 6.77. The number of alkyl halides is 3. The minimum Gasteiger partial charge on any atom is -0.351 e. The lowest BCUT2D eigenvalue weighted by Gasteiger charge is -2.11. The Kier molecular flexibility index (Phi) is 5.84. The van der Waals surface area contributed by atoms with E-state index in [0.29, 0.717) is 28.2 Å². The molecule has 176 valence electrons. The lowest BCUT2D eigenvalue weighted by Crippen LogP contribution is -2.23. The van der Waals surface area contributed by atoms with Crippen LogP contribution in [0.5, 0.6) is 0 Å². The quantitative estimate of drug-likeness (QED) is 0.371. The van der Waals surface area contributed by atoms with Crippen molar-refractivity contribution in [2.45, 2.75) is 19.5 Å². The van der Waals surface area contributed by atoms with Crippen LogP contribution >= 0.6 is 0 Å². The first kappa shape index (κ1) is 22.8. The molecule has 1 N–H and O–H groups in total. The standard InChI is InChI=1S/C28H21F4N3/c1-17-6-7-25-20(14-27(35-25)28(30,31)32)11-19(10-17)22-12-21(15-33-16-22)18-8-9-34-26(13-18)23-4-2-3-5-24(23)29/h2-5,7-17,35H,6H2,1H3. The largest absolute Gasteiger partial charge is 0.431 e. The molecule has 0 bridgehead atoms. The fourth-order valence-corrected chi connectivity index (χ4v) is 4.18. The molecule has 35 heavy (non-hydrogen) atoms.